The molecular weight excluding hydrogens is 212 g/mol. The van der Waals surface area contributed by atoms with Crippen molar-refractivity contribution < 1.29 is 9.90 Å². The Balaban J connectivity index is -0.000000208. The van der Waals surface area contributed by atoms with Gasteiger partial charge in [-0.15, -0.1) is 0 Å². The van der Waals surface area contributed by atoms with Gasteiger partial charge in [-0.25, -0.2) is 0 Å². The van der Waals surface area contributed by atoms with Crippen molar-refractivity contribution in [1.82, 2.24) is 0 Å². The highest BCUT2D eigenvalue weighted by Gasteiger charge is 1.92. The lowest BCUT2D eigenvalue weighted by molar-refractivity contribution is 0.101. The number of carbonyl (C=O) groups is 1. The third kappa shape index (κ3) is 20.8. The Hall–Kier alpha value is -1.15. The number of hydrogen-bond acceptors (Lipinski definition) is 2. The second-order valence-electron chi connectivity index (χ2n) is 3.65. The van der Waals surface area contributed by atoms with E-state index in [9.17, 15) is 4.79 Å². The SMILES string of the molecule is CC.CC(=O)c1ccccc1.CC(C)C.CO. The van der Waals surface area contributed by atoms with E-state index in [-0.39, 0.29) is 5.78 Å². The molecule has 0 atom stereocenters. The van der Waals surface area contributed by atoms with Crippen LogP contribution in [0.3, 0.4) is 0 Å². The molecule has 0 aliphatic carbocycles. The first-order valence-electron chi connectivity index (χ1n) is 6.04. The number of benzene rings is 1. The minimum Gasteiger partial charge on any atom is -0.400 e. The molecular formula is C15H28O2. The number of ketones is 1. The average molecular weight is 240 g/mol. The van der Waals surface area contributed by atoms with E-state index >= 15 is 0 Å². The van der Waals surface area contributed by atoms with E-state index < -0.39 is 0 Å². The maximum Gasteiger partial charge on any atom is 0.159 e. The van der Waals surface area contributed by atoms with Crippen LogP contribution in [-0.4, -0.2) is 18.0 Å². The standard InChI is InChI=1S/C8H8O.C4H10.C2H6.CH4O/c1-7(9)8-5-3-2-4-6-8;1-4(2)3;2*1-2/h2-6H,1H3;4H,1-3H3;1-2H3;2H,1H3. The molecule has 1 aromatic carbocycles. The molecule has 0 heterocycles. The van der Waals surface area contributed by atoms with Gasteiger partial charge in [-0.05, 0) is 12.8 Å². The molecule has 17 heavy (non-hydrogen) atoms. The van der Waals surface area contributed by atoms with Crippen molar-refractivity contribution in [1.29, 1.82) is 0 Å². The number of hydrogen-bond donors (Lipinski definition) is 1. The lowest BCUT2D eigenvalue weighted by Crippen LogP contribution is -1.88. The summed E-state index contributed by atoms with van der Waals surface area (Å²) in [6.07, 6.45) is 0. The highest BCUT2D eigenvalue weighted by atomic mass is 16.2. The summed E-state index contributed by atoms with van der Waals surface area (Å²) in [5.74, 6) is 0.954. The Morgan fingerprint density at radius 1 is 1.00 bits per heavy atom. The summed E-state index contributed by atoms with van der Waals surface area (Å²) in [4.78, 5) is 10.6. The Bertz CT molecular complexity index is 238. The van der Waals surface area contributed by atoms with Crippen molar-refractivity contribution >= 4 is 5.78 Å². The summed E-state index contributed by atoms with van der Waals surface area (Å²) in [5.41, 5.74) is 0.775. The molecule has 1 N–H and O–H groups in total. The van der Waals surface area contributed by atoms with E-state index in [2.05, 4.69) is 20.8 Å². The predicted octanol–water partition coefficient (Wildman–Crippen LogP) is 4.19. The monoisotopic (exact) mass is 240 g/mol. The molecule has 0 bridgehead atoms. The van der Waals surface area contributed by atoms with Crippen LogP contribution in [-0.2, 0) is 0 Å². The average Bonchev–Trinajstić information content (AvgIpc) is 2.34. The normalized spacial score (nSPS) is 7.59. The van der Waals surface area contributed by atoms with Crippen LogP contribution in [0.4, 0.5) is 0 Å². The summed E-state index contributed by atoms with van der Waals surface area (Å²) in [6, 6.07) is 9.23. The lowest BCUT2D eigenvalue weighted by Gasteiger charge is -1.89. The van der Waals surface area contributed by atoms with Gasteiger partial charge in [0, 0.05) is 12.7 Å². The zero-order valence-corrected chi connectivity index (χ0v) is 12.3. The van der Waals surface area contributed by atoms with Gasteiger partial charge in [0.25, 0.3) is 0 Å². The molecule has 0 fully saturated rings. The lowest BCUT2D eigenvalue weighted by atomic mass is 10.2. The molecule has 0 aromatic heterocycles. The number of aliphatic hydroxyl groups is 1. The number of aliphatic hydroxyl groups excluding tert-OH is 1. The molecule has 0 amide bonds. The highest BCUT2D eigenvalue weighted by Crippen LogP contribution is 1.97. The van der Waals surface area contributed by atoms with E-state index in [1.807, 2.05) is 44.2 Å². The van der Waals surface area contributed by atoms with Crippen molar-refractivity contribution in [3.8, 4) is 0 Å². The number of Topliss-reactive ketones (excluding diaryl/α,β-unsaturated/α-hetero) is 1. The van der Waals surface area contributed by atoms with Gasteiger partial charge >= 0.3 is 0 Å². The summed E-state index contributed by atoms with van der Waals surface area (Å²) >= 11 is 0. The zero-order chi connectivity index (χ0) is 14.3. The van der Waals surface area contributed by atoms with Crippen molar-refractivity contribution in [2.75, 3.05) is 7.11 Å². The largest absolute Gasteiger partial charge is 0.400 e. The molecule has 0 spiro atoms. The van der Waals surface area contributed by atoms with Crippen molar-refractivity contribution in [2.24, 2.45) is 5.92 Å². The summed E-state index contributed by atoms with van der Waals surface area (Å²) in [5, 5.41) is 7.00. The quantitative estimate of drug-likeness (QED) is 0.747. The van der Waals surface area contributed by atoms with E-state index in [1.165, 1.54) is 0 Å². The smallest absolute Gasteiger partial charge is 0.159 e. The van der Waals surface area contributed by atoms with Crippen LogP contribution >= 0.6 is 0 Å². The highest BCUT2D eigenvalue weighted by molar-refractivity contribution is 5.93. The molecule has 0 aliphatic rings. The molecule has 0 radical (unpaired) electrons. The maximum atomic E-state index is 10.6. The van der Waals surface area contributed by atoms with E-state index in [0.717, 1.165) is 18.6 Å². The van der Waals surface area contributed by atoms with Crippen LogP contribution in [0.1, 0.15) is 51.9 Å². The van der Waals surface area contributed by atoms with E-state index in [1.54, 1.807) is 6.92 Å². The zero-order valence-electron chi connectivity index (χ0n) is 12.3. The van der Waals surface area contributed by atoms with Gasteiger partial charge in [0.15, 0.2) is 5.78 Å². The fraction of sp³-hybridized carbons (Fsp3) is 0.533. The molecule has 2 heteroatoms. The fourth-order valence-corrected chi connectivity index (χ4v) is 0.673. The molecule has 0 saturated heterocycles. The van der Waals surface area contributed by atoms with Crippen LogP contribution in [0.15, 0.2) is 30.3 Å². The molecule has 0 saturated carbocycles. The minimum absolute atomic E-state index is 0.121. The van der Waals surface area contributed by atoms with Crippen LogP contribution in [0.2, 0.25) is 0 Å². The van der Waals surface area contributed by atoms with Gasteiger partial charge in [-0.3, -0.25) is 4.79 Å². The molecule has 2 nitrogen and oxygen atoms in total. The first-order chi connectivity index (χ1) is 8.04. The Morgan fingerprint density at radius 2 is 1.29 bits per heavy atom. The van der Waals surface area contributed by atoms with Crippen LogP contribution in [0, 0.1) is 5.92 Å². The van der Waals surface area contributed by atoms with E-state index in [4.69, 9.17) is 5.11 Å². The maximum absolute atomic E-state index is 10.6. The van der Waals surface area contributed by atoms with Crippen LogP contribution in [0.25, 0.3) is 0 Å². The summed E-state index contributed by atoms with van der Waals surface area (Å²) in [6.45, 7) is 12.1. The summed E-state index contributed by atoms with van der Waals surface area (Å²) in [7, 11) is 1.00. The van der Waals surface area contributed by atoms with Crippen molar-refractivity contribution in [3.63, 3.8) is 0 Å². The fourth-order valence-electron chi connectivity index (χ4n) is 0.673. The minimum atomic E-state index is 0.121. The Kier molecular flexibility index (Phi) is 21.5. The van der Waals surface area contributed by atoms with Crippen molar-refractivity contribution in [2.45, 2.75) is 41.5 Å². The van der Waals surface area contributed by atoms with Gasteiger partial charge in [-0.2, -0.15) is 0 Å². The first-order valence-corrected chi connectivity index (χ1v) is 6.04. The second kappa shape index (κ2) is 17.3. The number of carbonyl (C=O) groups excluding carboxylic acids is 1. The second-order valence-corrected chi connectivity index (χ2v) is 3.65. The Morgan fingerprint density at radius 3 is 1.47 bits per heavy atom. The van der Waals surface area contributed by atoms with Gasteiger partial charge in [0.05, 0.1) is 0 Å². The van der Waals surface area contributed by atoms with Gasteiger partial charge in [0.2, 0.25) is 0 Å². The molecule has 1 aromatic rings. The van der Waals surface area contributed by atoms with Crippen molar-refractivity contribution in [3.05, 3.63) is 35.9 Å². The third-order valence-electron chi connectivity index (χ3n) is 1.18. The van der Waals surface area contributed by atoms with Crippen LogP contribution in [0.5, 0.6) is 0 Å². The molecule has 0 unspecified atom stereocenters. The van der Waals surface area contributed by atoms with Gasteiger partial charge < -0.3 is 5.11 Å². The molecule has 100 valence electrons. The third-order valence-corrected chi connectivity index (χ3v) is 1.18. The topological polar surface area (TPSA) is 37.3 Å². The predicted molar refractivity (Wildman–Crippen MR) is 76.4 cm³/mol. The van der Waals surface area contributed by atoms with Gasteiger partial charge in [0.1, 0.15) is 0 Å². The first kappa shape index (κ1) is 21.2. The van der Waals surface area contributed by atoms with E-state index in [0.29, 0.717) is 0 Å². The van der Waals surface area contributed by atoms with Crippen LogP contribution < -0.4 is 0 Å². The molecule has 0 aliphatic heterocycles. The Labute approximate surface area is 107 Å². The summed E-state index contributed by atoms with van der Waals surface area (Å²) < 4.78 is 0. The molecule has 1 rings (SSSR count). The van der Waals surface area contributed by atoms with Gasteiger partial charge in [-0.1, -0.05) is 65.0 Å². The number of rotatable bonds is 1.